The number of nitrogens with zero attached hydrogens (tertiary/aromatic N) is 1. The SMILES string of the molecule is COCCNC1(c2nccs2)CCCCC1OC. The zero-order valence-electron chi connectivity index (χ0n) is 11.1. The average molecular weight is 270 g/mol. The summed E-state index contributed by atoms with van der Waals surface area (Å²) in [6, 6.07) is 0. The minimum Gasteiger partial charge on any atom is -0.383 e. The molecular weight excluding hydrogens is 248 g/mol. The second-order valence-electron chi connectivity index (χ2n) is 4.70. The van der Waals surface area contributed by atoms with Gasteiger partial charge < -0.3 is 14.8 Å². The van der Waals surface area contributed by atoms with Gasteiger partial charge in [-0.05, 0) is 12.8 Å². The Kier molecular flexibility index (Phi) is 5.12. The van der Waals surface area contributed by atoms with Crippen molar-refractivity contribution in [3.05, 3.63) is 16.6 Å². The molecule has 102 valence electrons. The Morgan fingerprint density at radius 1 is 1.50 bits per heavy atom. The number of ether oxygens (including phenoxy) is 2. The first-order chi connectivity index (χ1) is 8.83. The Morgan fingerprint density at radius 3 is 3.06 bits per heavy atom. The topological polar surface area (TPSA) is 43.4 Å². The molecule has 2 rings (SSSR count). The fraction of sp³-hybridized carbons (Fsp3) is 0.769. The van der Waals surface area contributed by atoms with E-state index < -0.39 is 0 Å². The standard InChI is InChI=1S/C13H22N2O2S/c1-16-9-7-15-13(12-14-8-10-18-12)6-4-3-5-11(13)17-2/h8,10-11,15H,3-7,9H2,1-2H3. The van der Waals surface area contributed by atoms with Gasteiger partial charge in [-0.25, -0.2) is 4.98 Å². The van der Waals surface area contributed by atoms with Crippen LogP contribution in [0.5, 0.6) is 0 Å². The first-order valence-electron chi connectivity index (χ1n) is 6.50. The highest BCUT2D eigenvalue weighted by Crippen LogP contribution is 2.39. The van der Waals surface area contributed by atoms with Crippen molar-refractivity contribution >= 4 is 11.3 Å². The molecule has 4 nitrogen and oxygen atoms in total. The fourth-order valence-corrected chi connectivity index (χ4v) is 3.69. The second-order valence-corrected chi connectivity index (χ2v) is 5.59. The molecule has 2 atom stereocenters. The highest BCUT2D eigenvalue weighted by molar-refractivity contribution is 7.09. The van der Waals surface area contributed by atoms with Gasteiger partial charge >= 0.3 is 0 Å². The number of thiazole rings is 1. The molecule has 1 N–H and O–H groups in total. The van der Waals surface area contributed by atoms with Crippen LogP contribution in [-0.2, 0) is 15.0 Å². The molecule has 18 heavy (non-hydrogen) atoms. The van der Waals surface area contributed by atoms with E-state index in [2.05, 4.69) is 10.3 Å². The lowest BCUT2D eigenvalue weighted by Gasteiger charge is -2.42. The zero-order chi connectivity index (χ0) is 12.8. The van der Waals surface area contributed by atoms with Crippen LogP contribution < -0.4 is 5.32 Å². The van der Waals surface area contributed by atoms with Gasteiger partial charge in [-0.2, -0.15) is 0 Å². The molecule has 1 aliphatic carbocycles. The molecule has 0 aromatic carbocycles. The molecule has 0 radical (unpaired) electrons. The molecule has 1 saturated carbocycles. The third-order valence-corrected chi connectivity index (χ3v) is 4.63. The number of hydrogen-bond donors (Lipinski definition) is 1. The van der Waals surface area contributed by atoms with Gasteiger partial charge in [0.05, 0.1) is 18.2 Å². The molecular formula is C13H22N2O2S. The normalized spacial score (nSPS) is 28.4. The van der Waals surface area contributed by atoms with Crippen molar-refractivity contribution in [1.29, 1.82) is 0 Å². The van der Waals surface area contributed by atoms with Gasteiger partial charge in [0, 0.05) is 32.3 Å². The van der Waals surface area contributed by atoms with Crippen LogP contribution in [0.3, 0.4) is 0 Å². The molecule has 1 aromatic heterocycles. The summed E-state index contributed by atoms with van der Waals surface area (Å²) >= 11 is 1.71. The van der Waals surface area contributed by atoms with Crippen LogP contribution >= 0.6 is 11.3 Å². The minimum absolute atomic E-state index is 0.125. The Labute approximate surface area is 113 Å². The number of aromatic nitrogens is 1. The van der Waals surface area contributed by atoms with Crippen LogP contribution in [0.1, 0.15) is 30.7 Å². The largest absolute Gasteiger partial charge is 0.383 e. The molecule has 1 fully saturated rings. The lowest BCUT2D eigenvalue weighted by atomic mass is 9.79. The van der Waals surface area contributed by atoms with E-state index in [0.717, 1.165) is 24.4 Å². The Hall–Kier alpha value is -0.490. The fourth-order valence-electron chi connectivity index (χ4n) is 2.80. The van der Waals surface area contributed by atoms with Crippen molar-refractivity contribution < 1.29 is 9.47 Å². The molecule has 5 heteroatoms. The molecule has 2 unspecified atom stereocenters. The van der Waals surface area contributed by atoms with Crippen LogP contribution in [0.25, 0.3) is 0 Å². The smallest absolute Gasteiger partial charge is 0.115 e. The van der Waals surface area contributed by atoms with Gasteiger partial charge in [-0.3, -0.25) is 0 Å². The van der Waals surface area contributed by atoms with Gasteiger partial charge in [0.2, 0.25) is 0 Å². The lowest BCUT2D eigenvalue weighted by molar-refractivity contribution is -0.0178. The maximum Gasteiger partial charge on any atom is 0.115 e. The maximum atomic E-state index is 5.72. The summed E-state index contributed by atoms with van der Waals surface area (Å²) in [5.74, 6) is 0. The Bertz CT molecular complexity index is 345. The van der Waals surface area contributed by atoms with Crippen molar-refractivity contribution in [1.82, 2.24) is 10.3 Å². The molecule has 1 aromatic rings. The van der Waals surface area contributed by atoms with Crippen molar-refractivity contribution in [3.63, 3.8) is 0 Å². The molecule has 0 saturated heterocycles. The summed E-state index contributed by atoms with van der Waals surface area (Å²) < 4.78 is 10.9. The highest BCUT2D eigenvalue weighted by Gasteiger charge is 2.44. The van der Waals surface area contributed by atoms with E-state index in [9.17, 15) is 0 Å². The molecule has 0 amide bonds. The maximum absolute atomic E-state index is 5.72. The molecule has 1 heterocycles. The van der Waals surface area contributed by atoms with Gasteiger partial charge in [-0.15, -0.1) is 11.3 Å². The van der Waals surface area contributed by atoms with Crippen molar-refractivity contribution in [3.8, 4) is 0 Å². The van der Waals surface area contributed by atoms with E-state index >= 15 is 0 Å². The second kappa shape index (κ2) is 6.61. The highest BCUT2D eigenvalue weighted by atomic mass is 32.1. The van der Waals surface area contributed by atoms with Gasteiger partial charge in [-0.1, -0.05) is 12.8 Å². The van der Waals surface area contributed by atoms with E-state index in [0.29, 0.717) is 6.61 Å². The van der Waals surface area contributed by atoms with Gasteiger partial charge in [0.15, 0.2) is 0 Å². The van der Waals surface area contributed by atoms with Gasteiger partial charge in [0.25, 0.3) is 0 Å². The van der Waals surface area contributed by atoms with Crippen molar-refractivity contribution in [2.45, 2.75) is 37.3 Å². The third-order valence-electron chi connectivity index (χ3n) is 3.68. The van der Waals surface area contributed by atoms with Crippen LogP contribution in [0, 0.1) is 0 Å². The van der Waals surface area contributed by atoms with Gasteiger partial charge in [0.1, 0.15) is 5.01 Å². The van der Waals surface area contributed by atoms with Crippen LogP contribution in [0.2, 0.25) is 0 Å². The zero-order valence-corrected chi connectivity index (χ0v) is 12.0. The third kappa shape index (κ3) is 2.74. The Morgan fingerprint density at radius 2 is 2.39 bits per heavy atom. The molecule has 0 aliphatic heterocycles. The first-order valence-corrected chi connectivity index (χ1v) is 7.38. The van der Waals surface area contributed by atoms with Crippen LogP contribution in [-0.4, -0.2) is 38.5 Å². The predicted octanol–water partition coefficient (Wildman–Crippen LogP) is 2.16. The summed E-state index contributed by atoms with van der Waals surface area (Å²) in [6.45, 7) is 1.54. The predicted molar refractivity (Wildman–Crippen MR) is 72.9 cm³/mol. The number of nitrogens with one attached hydrogen (secondary N) is 1. The molecule has 0 spiro atoms. The summed E-state index contributed by atoms with van der Waals surface area (Å²) in [4.78, 5) is 4.52. The summed E-state index contributed by atoms with van der Waals surface area (Å²) in [5.41, 5.74) is -0.125. The average Bonchev–Trinajstić information content (AvgIpc) is 2.94. The van der Waals surface area contributed by atoms with Crippen LogP contribution in [0.15, 0.2) is 11.6 Å². The van der Waals surface area contributed by atoms with Crippen molar-refractivity contribution in [2.75, 3.05) is 27.4 Å². The van der Waals surface area contributed by atoms with E-state index in [-0.39, 0.29) is 11.6 Å². The first kappa shape index (κ1) is 13.9. The minimum atomic E-state index is -0.125. The number of hydrogen-bond acceptors (Lipinski definition) is 5. The lowest BCUT2D eigenvalue weighted by Crippen LogP contribution is -2.54. The molecule has 0 bridgehead atoms. The van der Waals surface area contributed by atoms with E-state index in [1.165, 1.54) is 12.8 Å². The number of methoxy groups -OCH3 is 2. The van der Waals surface area contributed by atoms with E-state index in [1.807, 2.05) is 11.6 Å². The number of rotatable bonds is 6. The summed E-state index contributed by atoms with van der Waals surface area (Å²) in [6.07, 6.45) is 6.71. The monoisotopic (exact) mass is 270 g/mol. The van der Waals surface area contributed by atoms with E-state index in [4.69, 9.17) is 9.47 Å². The summed E-state index contributed by atoms with van der Waals surface area (Å²) in [5, 5.41) is 6.82. The Balaban J connectivity index is 2.20. The quantitative estimate of drug-likeness (QED) is 0.805. The van der Waals surface area contributed by atoms with Crippen molar-refractivity contribution in [2.24, 2.45) is 0 Å². The van der Waals surface area contributed by atoms with Crippen LogP contribution in [0.4, 0.5) is 0 Å². The van der Waals surface area contributed by atoms with E-state index in [1.54, 1.807) is 25.6 Å². The summed E-state index contributed by atoms with van der Waals surface area (Å²) in [7, 11) is 3.53. The molecule has 1 aliphatic rings.